The van der Waals surface area contributed by atoms with Crippen molar-refractivity contribution >= 4 is 17.3 Å². The number of imidazole rings is 1. The van der Waals surface area contributed by atoms with Gasteiger partial charge in [0.25, 0.3) is 0 Å². The highest BCUT2D eigenvalue weighted by molar-refractivity contribution is 6.31. The molecule has 0 bridgehead atoms. The van der Waals surface area contributed by atoms with Crippen molar-refractivity contribution in [2.75, 3.05) is 0 Å². The van der Waals surface area contributed by atoms with Crippen LogP contribution in [0.15, 0.2) is 53.7 Å². The number of hydrogen-bond donors (Lipinski definition) is 1. The quantitative estimate of drug-likeness (QED) is 0.724. The van der Waals surface area contributed by atoms with Crippen LogP contribution in [-0.2, 0) is 13.2 Å². The van der Waals surface area contributed by atoms with E-state index in [9.17, 15) is 9.50 Å². The molecule has 1 aromatic heterocycles. The fourth-order valence-corrected chi connectivity index (χ4v) is 3.14. The third kappa shape index (κ3) is 2.33. The number of aromatic nitrogens is 2. The Bertz CT molecular complexity index is 965. The molecule has 24 heavy (non-hydrogen) atoms. The summed E-state index contributed by atoms with van der Waals surface area (Å²) in [5.41, 5.74) is 3.27. The van der Waals surface area contributed by atoms with Crippen molar-refractivity contribution in [2.45, 2.75) is 13.2 Å². The summed E-state index contributed by atoms with van der Waals surface area (Å²) in [5, 5.41) is 10.1. The molecule has 3 aromatic rings. The summed E-state index contributed by atoms with van der Waals surface area (Å²) in [6, 6.07) is 11.9. The number of aliphatic hydroxyl groups is 1. The topological polar surface area (TPSA) is 50.4 Å². The van der Waals surface area contributed by atoms with Gasteiger partial charge in [-0.1, -0.05) is 23.7 Å². The molecule has 2 aromatic carbocycles. The molecule has 0 aliphatic carbocycles. The highest BCUT2D eigenvalue weighted by Gasteiger charge is 2.23. The highest BCUT2D eigenvalue weighted by Crippen LogP contribution is 2.29. The van der Waals surface area contributed by atoms with E-state index in [1.54, 1.807) is 36.5 Å². The first-order valence-corrected chi connectivity index (χ1v) is 7.83. The molecule has 4 nitrogen and oxygen atoms in total. The molecular formula is C18H13ClFN3O. The molecule has 0 fully saturated rings. The Morgan fingerprint density at radius 3 is 2.79 bits per heavy atom. The summed E-state index contributed by atoms with van der Waals surface area (Å²) >= 11 is 6.17. The summed E-state index contributed by atoms with van der Waals surface area (Å²) in [5.74, 6) is 0.174. The molecule has 0 spiro atoms. The normalized spacial score (nSPS) is 13.0. The number of benzene rings is 2. The summed E-state index contributed by atoms with van der Waals surface area (Å²) in [6.45, 7) is 0.139. The molecule has 0 amide bonds. The van der Waals surface area contributed by atoms with Crippen molar-refractivity contribution < 1.29 is 9.50 Å². The van der Waals surface area contributed by atoms with Crippen LogP contribution >= 0.6 is 11.6 Å². The first-order chi connectivity index (χ1) is 11.7. The Kier molecular flexibility index (Phi) is 3.67. The Hall–Kier alpha value is -2.50. The lowest BCUT2D eigenvalue weighted by molar-refractivity contribution is 0.269. The zero-order valence-corrected chi connectivity index (χ0v) is 13.3. The second kappa shape index (κ2) is 5.85. The van der Waals surface area contributed by atoms with E-state index in [1.807, 2.05) is 10.6 Å². The van der Waals surface area contributed by atoms with Crippen LogP contribution in [-0.4, -0.2) is 20.4 Å². The molecule has 0 atom stereocenters. The standard InChI is InChI=1S/C18H13ClFN3O/c19-11-5-6-16-14(7-11)18(13-3-1-2-4-15(13)20)22-9-12-8-21-17(10-24)23(12)16/h1-8,24H,9-10H2/i10+1,17+1. The SMILES string of the molecule is O[13CH2][13c]1ncc2n1-c1ccc(Cl)cc1C(c1ccccc1F)=NC2. The molecule has 6 heteroatoms. The van der Waals surface area contributed by atoms with E-state index in [2.05, 4.69) is 9.98 Å². The molecule has 0 saturated heterocycles. The van der Waals surface area contributed by atoms with Gasteiger partial charge in [0.1, 0.15) is 18.2 Å². The predicted molar refractivity (Wildman–Crippen MR) is 90.2 cm³/mol. The fraction of sp³-hybridized carbons (Fsp3) is 0.111. The average molecular weight is 344 g/mol. The van der Waals surface area contributed by atoms with Crippen LogP contribution < -0.4 is 0 Å². The van der Waals surface area contributed by atoms with Crippen molar-refractivity contribution in [3.63, 3.8) is 0 Å². The molecule has 0 radical (unpaired) electrons. The van der Waals surface area contributed by atoms with E-state index in [4.69, 9.17) is 11.6 Å². The van der Waals surface area contributed by atoms with Gasteiger partial charge < -0.3 is 5.11 Å². The lowest BCUT2D eigenvalue weighted by Crippen LogP contribution is -2.10. The third-order valence-corrected chi connectivity index (χ3v) is 4.27. The predicted octanol–water partition coefficient (Wildman–Crippen LogP) is 3.51. The van der Waals surface area contributed by atoms with Crippen LogP contribution in [0.5, 0.6) is 0 Å². The van der Waals surface area contributed by atoms with Crippen LogP contribution in [0, 0.1) is 5.82 Å². The second-order valence-corrected chi connectivity index (χ2v) is 5.90. The van der Waals surface area contributed by atoms with Gasteiger partial charge in [-0.3, -0.25) is 9.56 Å². The molecule has 0 saturated carbocycles. The van der Waals surface area contributed by atoms with Crippen molar-refractivity contribution in [1.82, 2.24) is 9.55 Å². The number of rotatable bonds is 2. The Morgan fingerprint density at radius 2 is 2.00 bits per heavy atom. The first-order valence-electron chi connectivity index (χ1n) is 7.45. The summed E-state index contributed by atoms with van der Waals surface area (Å²) in [6.07, 6.45) is 1.68. The molecule has 1 aliphatic rings. The van der Waals surface area contributed by atoms with E-state index in [0.717, 1.165) is 11.4 Å². The maximum absolute atomic E-state index is 14.3. The van der Waals surface area contributed by atoms with Crippen LogP contribution in [0.2, 0.25) is 5.02 Å². The van der Waals surface area contributed by atoms with E-state index in [1.165, 1.54) is 6.07 Å². The van der Waals surface area contributed by atoms with Crippen molar-refractivity contribution in [3.05, 3.63) is 82.1 Å². The lowest BCUT2D eigenvalue weighted by atomic mass is 10.00. The molecule has 2 heterocycles. The number of aliphatic imine (C=N–C) groups is 1. The van der Waals surface area contributed by atoms with Crippen LogP contribution in [0.25, 0.3) is 5.69 Å². The molecule has 4 rings (SSSR count). The lowest BCUT2D eigenvalue weighted by Gasteiger charge is -2.14. The van der Waals surface area contributed by atoms with Gasteiger partial charge in [-0.05, 0) is 30.3 Å². The monoisotopic (exact) mass is 343 g/mol. The highest BCUT2D eigenvalue weighted by atomic mass is 35.5. The van der Waals surface area contributed by atoms with Crippen molar-refractivity contribution in [3.8, 4) is 5.69 Å². The van der Waals surface area contributed by atoms with Gasteiger partial charge in [0.2, 0.25) is 0 Å². The number of fused-ring (bicyclic) bond motifs is 3. The van der Waals surface area contributed by atoms with Gasteiger partial charge in [-0.2, -0.15) is 0 Å². The molecule has 1 aliphatic heterocycles. The zero-order chi connectivity index (χ0) is 16.7. The maximum atomic E-state index is 14.3. The first kappa shape index (κ1) is 15.1. The van der Waals surface area contributed by atoms with Crippen LogP contribution in [0.1, 0.15) is 22.6 Å². The smallest absolute Gasteiger partial charge is 0.139 e. The summed E-state index contributed by atoms with van der Waals surface area (Å²) in [7, 11) is 0. The second-order valence-electron chi connectivity index (χ2n) is 5.47. The number of nitrogens with zero attached hydrogens (tertiary/aromatic N) is 3. The van der Waals surface area contributed by atoms with Gasteiger partial charge in [-0.15, -0.1) is 0 Å². The number of aliphatic hydroxyl groups excluding tert-OH is 1. The van der Waals surface area contributed by atoms with E-state index in [-0.39, 0.29) is 12.4 Å². The van der Waals surface area contributed by atoms with Gasteiger partial charge in [0.15, 0.2) is 0 Å². The maximum Gasteiger partial charge on any atom is 0.139 e. The Balaban J connectivity index is 2.01. The van der Waals surface area contributed by atoms with Crippen molar-refractivity contribution in [2.24, 2.45) is 4.99 Å². The minimum absolute atomic E-state index is 0.197. The van der Waals surface area contributed by atoms with Crippen LogP contribution in [0.4, 0.5) is 4.39 Å². The molecule has 1 N–H and O–H groups in total. The Morgan fingerprint density at radius 1 is 1.17 bits per heavy atom. The minimum atomic E-state index is -0.339. The van der Waals surface area contributed by atoms with E-state index >= 15 is 0 Å². The van der Waals surface area contributed by atoms with Crippen molar-refractivity contribution in [1.29, 1.82) is 0 Å². The molecule has 120 valence electrons. The van der Waals surface area contributed by atoms with Gasteiger partial charge >= 0.3 is 0 Å². The zero-order valence-electron chi connectivity index (χ0n) is 12.6. The largest absolute Gasteiger partial charge is 0.388 e. The van der Waals surface area contributed by atoms with Gasteiger partial charge in [-0.25, -0.2) is 9.37 Å². The van der Waals surface area contributed by atoms with Gasteiger partial charge in [0.05, 0.1) is 29.8 Å². The minimum Gasteiger partial charge on any atom is -0.388 e. The van der Waals surface area contributed by atoms with Crippen LogP contribution in [0.3, 0.4) is 0 Å². The number of halogens is 2. The number of hydrogen-bond acceptors (Lipinski definition) is 3. The average Bonchev–Trinajstić information content (AvgIpc) is 2.93. The van der Waals surface area contributed by atoms with E-state index < -0.39 is 0 Å². The fourth-order valence-electron chi connectivity index (χ4n) is 2.97. The van der Waals surface area contributed by atoms with E-state index in [0.29, 0.717) is 34.2 Å². The van der Waals surface area contributed by atoms with Gasteiger partial charge in [0, 0.05) is 16.1 Å². The third-order valence-electron chi connectivity index (χ3n) is 4.03. The molecular weight excluding hydrogens is 331 g/mol. The molecule has 0 unspecified atom stereocenters. The Labute approximate surface area is 142 Å². The summed E-state index contributed by atoms with van der Waals surface area (Å²) < 4.78 is 16.2. The summed E-state index contributed by atoms with van der Waals surface area (Å²) in [4.78, 5) is 8.83.